The summed E-state index contributed by atoms with van der Waals surface area (Å²) in [5.74, 6) is 0.574. The first-order chi connectivity index (χ1) is 13.1. The fourth-order valence-corrected chi connectivity index (χ4v) is 3.71. The number of nitrogens with one attached hydrogen (secondary N) is 1. The molecule has 4 rings (SSSR count). The second kappa shape index (κ2) is 7.09. The van der Waals surface area contributed by atoms with Crippen LogP contribution in [0.15, 0.2) is 66.7 Å². The number of hydrogen-bond acceptors (Lipinski definition) is 5. The number of ether oxygens (including phenoxy) is 1. The fraction of sp³-hybridized carbons (Fsp3) is 0.0476. The molecule has 0 radical (unpaired) electrons. The van der Waals surface area contributed by atoms with Crippen molar-refractivity contribution in [3.8, 4) is 22.1 Å². The van der Waals surface area contributed by atoms with E-state index >= 15 is 0 Å². The van der Waals surface area contributed by atoms with Gasteiger partial charge in [0, 0.05) is 11.3 Å². The number of aromatic hydroxyl groups is 1. The predicted octanol–water partition coefficient (Wildman–Crippen LogP) is 4.93. The number of nitrogens with zero attached hydrogens (tertiary/aromatic N) is 1. The van der Waals surface area contributed by atoms with Gasteiger partial charge < -0.3 is 15.2 Å². The third-order valence-electron chi connectivity index (χ3n) is 4.13. The van der Waals surface area contributed by atoms with Crippen LogP contribution < -0.4 is 10.1 Å². The first-order valence-corrected chi connectivity index (χ1v) is 9.10. The molecule has 1 heterocycles. The number of para-hydroxylation sites is 1. The Balaban J connectivity index is 1.62. The number of anilines is 1. The third-order valence-corrected chi connectivity index (χ3v) is 5.20. The highest BCUT2D eigenvalue weighted by atomic mass is 32.1. The number of benzene rings is 3. The van der Waals surface area contributed by atoms with Crippen molar-refractivity contribution in [3.63, 3.8) is 0 Å². The Morgan fingerprint density at radius 3 is 2.59 bits per heavy atom. The maximum atomic E-state index is 12.5. The SMILES string of the molecule is COc1ccc(C(=O)Nc2ccc(O)c(-c3nc4ccccc4s3)c2)cc1. The molecule has 0 bridgehead atoms. The van der Waals surface area contributed by atoms with E-state index in [0.717, 1.165) is 10.2 Å². The number of fused-ring (bicyclic) bond motifs is 1. The zero-order valence-electron chi connectivity index (χ0n) is 14.5. The summed E-state index contributed by atoms with van der Waals surface area (Å²) < 4.78 is 6.15. The summed E-state index contributed by atoms with van der Waals surface area (Å²) in [4.78, 5) is 17.0. The molecule has 0 spiro atoms. The Kier molecular flexibility index (Phi) is 4.48. The maximum absolute atomic E-state index is 12.5. The van der Waals surface area contributed by atoms with E-state index in [4.69, 9.17) is 4.74 Å². The lowest BCUT2D eigenvalue weighted by molar-refractivity contribution is 0.102. The molecule has 0 fully saturated rings. The Hall–Kier alpha value is -3.38. The van der Waals surface area contributed by atoms with E-state index in [-0.39, 0.29) is 11.7 Å². The lowest BCUT2D eigenvalue weighted by atomic mass is 10.1. The van der Waals surface area contributed by atoms with Crippen LogP contribution in [0.3, 0.4) is 0 Å². The van der Waals surface area contributed by atoms with Crippen LogP contribution in [0, 0.1) is 0 Å². The molecule has 27 heavy (non-hydrogen) atoms. The van der Waals surface area contributed by atoms with Gasteiger partial charge in [0.05, 0.1) is 22.9 Å². The summed E-state index contributed by atoms with van der Waals surface area (Å²) in [6.07, 6.45) is 0. The van der Waals surface area contributed by atoms with Crippen molar-refractivity contribution < 1.29 is 14.6 Å². The molecule has 0 aliphatic heterocycles. The van der Waals surface area contributed by atoms with E-state index in [9.17, 15) is 9.90 Å². The number of methoxy groups -OCH3 is 1. The molecular weight excluding hydrogens is 360 g/mol. The number of rotatable bonds is 4. The zero-order chi connectivity index (χ0) is 18.8. The Bertz CT molecular complexity index is 1090. The van der Waals surface area contributed by atoms with Gasteiger partial charge in [0.25, 0.3) is 5.91 Å². The molecule has 1 aromatic heterocycles. The van der Waals surface area contributed by atoms with Crippen molar-refractivity contribution in [1.82, 2.24) is 4.98 Å². The van der Waals surface area contributed by atoms with Crippen molar-refractivity contribution in [2.75, 3.05) is 12.4 Å². The molecule has 6 heteroatoms. The van der Waals surface area contributed by atoms with Gasteiger partial charge in [-0.25, -0.2) is 4.98 Å². The molecule has 5 nitrogen and oxygen atoms in total. The minimum Gasteiger partial charge on any atom is -0.507 e. The zero-order valence-corrected chi connectivity index (χ0v) is 15.3. The standard InChI is InChI=1S/C21H16N2O3S/c1-26-15-9-6-13(7-10-15)20(25)22-14-8-11-18(24)16(12-14)21-23-17-4-2-3-5-19(17)27-21/h2-12,24H,1H3,(H,22,25). The molecule has 0 atom stereocenters. The molecule has 0 saturated heterocycles. The number of carbonyl (C=O) groups is 1. The third kappa shape index (κ3) is 3.47. The summed E-state index contributed by atoms with van der Waals surface area (Å²) in [7, 11) is 1.58. The second-order valence-corrected chi connectivity index (χ2v) is 6.93. The average Bonchev–Trinajstić information content (AvgIpc) is 3.13. The number of hydrogen-bond donors (Lipinski definition) is 2. The van der Waals surface area contributed by atoms with Crippen molar-refractivity contribution in [2.45, 2.75) is 0 Å². The van der Waals surface area contributed by atoms with Crippen LogP contribution in [0.25, 0.3) is 20.8 Å². The molecule has 4 aromatic rings. The summed E-state index contributed by atoms with van der Waals surface area (Å²) in [6, 6.07) is 19.6. The lowest BCUT2D eigenvalue weighted by Gasteiger charge is -2.08. The van der Waals surface area contributed by atoms with Crippen LogP contribution in [0.5, 0.6) is 11.5 Å². The van der Waals surface area contributed by atoms with Gasteiger partial charge in [0.2, 0.25) is 0 Å². The molecule has 3 aromatic carbocycles. The topological polar surface area (TPSA) is 71.5 Å². The van der Waals surface area contributed by atoms with Gasteiger partial charge in [-0.1, -0.05) is 12.1 Å². The number of carbonyl (C=O) groups excluding carboxylic acids is 1. The van der Waals surface area contributed by atoms with E-state index in [2.05, 4.69) is 10.3 Å². The molecule has 0 aliphatic rings. The first kappa shape index (κ1) is 17.1. The molecule has 0 saturated carbocycles. The van der Waals surface area contributed by atoms with E-state index in [0.29, 0.717) is 27.6 Å². The highest BCUT2D eigenvalue weighted by Crippen LogP contribution is 2.36. The molecule has 2 N–H and O–H groups in total. The predicted molar refractivity (Wildman–Crippen MR) is 108 cm³/mol. The van der Waals surface area contributed by atoms with E-state index < -0.39 is 0 Å². The van der Waals surface area contributed by atoms with Gasteiger partial charge in [-0.15, -0.1) is 11.3 Å². The van der Waals surface area contributed by atoms with Crippen LogP contribution >= 0.6 is 11.3 Å². The molecule has 134 valence electrons. The lowest BCUT2D eigenvalue weighted by Crippen LogP contribution is -2.11. The molecule has 0 aliphatic carbocycles. The number of phenolic OH excluding ortho intramolecular Hbond substituents is 1. The maximum Gasteiger partial charge on any atom is 0.255 e. The number of aromatic nitrogens is 1. The van der Waals surface area contributed by atoms with Gasteiger partial charge in [-0.3, -0.25) is 4.79 Å². The van der Waals surface area contributed by atoms with Crippen LogP contribution in [0.4, 0.5) is 5.69 Å². The average molecular weight is 376 g/mol. The van der Waals surface area contributed by atoms with E-state index in [1.807, 2.05) is 24.3 Å². The number of thiazole rings is 1. The van der Waals surface area contributed by atoms with Crippen LogP contribution in [0.1, 0.15) is 10.4 Å². The summed E-state index contributed by atoms with van der Waals surface area (Å²) in [5, 5.41) is 13.8. The highest BCUT2D eigenvalue weighted by molar-refractivity contribution is 7.21. The summed E-state index contributed by atoms with van der Waals surface area (Å²) in [5.41, 5.74) is 2.57. The largest absolute Gasteiger partial charge is 0.507 e. The van der Waals surface area contributed by atoms with Gasteiger partial charge in [-0.2, -0.15) is 0 Å². The van der Waals surface area contributed by atoms with Crippen molar-refractivity contribution >= 4 is 33.1 Å². The molecule has 0 unspecified atom stereocenters. The summed E-state index contributed by atoms with van der Waals surface area (Å²) >= 11 is 1.49. The van der Waals surface area contributed by atoms with Crippen LogP contribution in [-0.4, -0.2) is 23.1 Å². The second-order valence-electron chi connectivity index (χ2n) is 5.90. The van der Waals surface area contributed by atoms with Crippen molar-refractivity contribution in [3.05, 3.63) is 72.3 Å². The van der Waals surface area contributed by atoms with Crippen molar-refractivity contribution in [2.24, 2.45) is 0 Å². The van der Waals surface area contributed by atoms with E-state index in [1.54, 1.807) is 49.6 Å². The Morgan fingerprint density at radius 2 is 1.85 bits per heavy atom. The number of amides is 1. The number of phenols is 1. The monoisotopic (exact) mass is 376 g/mol. The fourth-order valence-electron chi connectivity index (χ4n) is 2.72. The van der Waals surface area contributed by atoms with Gasteiger partial charge in [0.1, 0.15) is 16.5 Å². The van der Waals surface area contributed by atoms with Gasteiger partial charge >= 0.3 is 0 Å². The Labute approximate surface area is 159 Å². The minimum absolute atomic E-state index is 0.122. The normalized spacial score (nSPS) is 10.7. The quantitative estimate of drug-likeness (QED) is 0.496. The molecule has 1 amide bonds. The highest BCUT2D eigenvalue weighted by Gasteiger charge is 2.13. The minimum atomic E-state index is -0.237. The van der Waals surface area contributed by atoms with Gasteiger partial charge in [-0.05, 0) is 54.6 Å². The van der Waals surface area contributed by atoms with Crippen molar-refractivity contribution in [1.29, 1.82) is 0 Å². The van der Waals surface area contributed by atoms with Crippen LogP contribution in [-0.2, 0) is 0 Å². The smallest absolute Gasteiger partial charge is 0.255 e. The van der Waals surface area contributed by atoms with Crippen LogP contribution in [0.2, 0.25) is 0 Å². The Morgan fingerprint density at radius 1 is 1.07 bits per heavy atom. The van der Waals surface area contributed by atoms with Gasteiger partial charge in [0.15, 0.2) is 0 Å². The molecular formula is C21H16N2O3S. The first-order valence-electron chi connectivity index (χ1n) is 8.28. The van der Waals surface area contributed by atoms with E-state index in [1.165, 1.54) is 11.3 Å². The summed E-state index contributed by atoms with van der Waals surface area (Å²) in [6.45, 7) is 0.